The van der Waals surface area contributed by atoms with Gasteiger partial charge in [-0.05, 0) is 62.4 Å². The Hall–Kier alpha value is -1.02. The number of methoxy groups -OCH3 is 1. The molecule has 0 aromatic heterocycles. The summed E-state index contributed by atoms with van der Waals surface area (Å²) < 4.78 is 12.1. The van der Waals surface area contributed by atoms with E-state index in [0.717, 1.165) is 34.5 Å². The zero-order valence-corrected chi connectivity index (χ0v) is 17.2. The van der Waals surface area contributed by atoms with E-state index in [1.807, 2.05) is 20.8 Å². The van der Waals surface area contributed by atoms with Crippen LogP contribution < -0.4 is 15.0 Å². The number of esters is 1. The number of halogens is 1. The molecule has 1 aromatic carbocycles. The number of likely N-dealkylation sites (N-methyl/N-ethyl adjacent to an activating group) is 1. The van der Waals surface area contributed by atoms with Crippen LogP contribution in [0.3, 0.4) is 0 Å². The van der Waals surface area contributed by atoms with Gasteiger partial charge in [0, 0.05) is 37.3 Å². The molecule has 1 aliphatic rings. The second-order valence-corrected chi connectivity index (χ2v) is 8.21. The Morgan fingerprint density at radius 3 is 2.71 bits per heavy atom. The number of nitrogens with zero attached hydrogens (tertiary/aromatic N) is 1. The molecule has 1 heterocycles. The summed E-state index contributed by atoms with van der Waals surface area (Å²) >= 11 is 2.27. The highest BCUT2D eigenvalue weighted by Crippen LogP contribution is 2.30. The Bertz CT molecular complexity index is 586. The SMILES string of the molecule is CCN(c1ccc(I)c(OC)c1)[C@@H]1CNC(OC(=O)C(C)(C)C)C1. The van der Waals surface area contributed by atoms with Crippen molar-refractivity contribution < 1.29 is 14.3 Å². The maximum absolute atomic E-state index is 12.1. The predicted molar refractivity (Wildman–Crippen MR) is 104 cm³/mol. The summed E-state index contributed by atoms with van der Waals surface area (Å²) in [6.45, 7) is 9.44. The summed E-state index contributed by atoms with van der Waals surface area (Å²) in [5, 5.41) is 3.32. The van der Waals surface area contributed by atoms with Crippen LogP contribution in [0.2, 0.25) is 0 Å². The molecule has 0 spiro atoms. The maximum Gasteiger partial charge on any atom is 0.312 e. The fourth-order valence-corrected chi connectivity index (χ4v) is 3.35. The van der Waals surface area contributed by atoms with Gasteiger partial charge in [0.1, 0.15) is 5.75 Å². The molecule has 0 aliphatic carbocycles. The molecule has 0 radical (unpaired) electrons. The first-order valence-corrected chi connectivity index (χ1v) is 9.38. The van der Waals surface area contributed by atoms with Gasteiger partial charge in [-0.1, -0.05) is 0 Å². The predicted octanol–water partition coefficient (Wildman–Crippen LogP) is 3.40. The van der Waals surface area contributed by atoms with Gasteiger partial charge in [0.05, 0.1) is 16.1 Å². The average molecular weight is 446 g/mol. The van der Waals surface area contributed by atoms with Crippen molar-refractivity contribution in [3.63, 3.8) is 0 Å². The molecule has 0 saturated carbocycles. The number of anilines is 1. The molecule has 2 atom stereocenters. The van der Waals surface area contributed by atoms with Gasteiger partial charge < -0.3 is 14.4 Å². The van der Waals surface area contributed by atoms with Gasteiger partial charge >= 0.3 is 5.97 Å². The number of benzene rings is 1. The Balaban J connectivity index is 2.06. The molecule has 2 rings (SSSR count). The number of rotatable bonds is 5. The summed E-state index contributed by atoms with van der Waals surface area (Å²) in [4.78, 5) is 14.4. The van der Waals surface area contributed by atoms with Crippen LogP contribution in [-0.4, -0.2) is 38.4 Å². The summed E-state index contributed by atoms with van der Waals surface area (Å²) in [7, 11) is 1.69. The molecule has 1 aliphatic heterocycles. The van der Waals surface area contributed by atoms with Crippen LogP contribution in [0.1, 0.15) is 34.1 Å². The molecule has 24 heavy (non-hydrogen) atoms. The first-order chi connectivity index (χ1) is 11.3. The molecule has 134 valence electrons. The van der Waals surface area contributed by atoms with Crippen LogP contribution in [0, 0.1) is 8.99 Å². The van der Waals surface area contributed by atoms with Crippen molar-refractivity contribution >= 4 is 34.2 Å². The Kier molecular flexibility index (Phi) is 6.36. The highest BCUT2D eigenvalue weighted by molar-refractivity contribution is 14.1. The van der Waals surface area contributed by atoms with Crippen molar-refractivity contribution in [1.29, 1.82) is 0 Å². The molecule has 0 amide bonds. The standard InChI is InChI=1S/C18H27IN2O3/c1-6-21(12-7-8-14(19)15(9-12)23-5)13-10-16(20-11-13)24-17(22)18(2,3)4/h7-9,13,16,20H,6,10-11H2,1-5H3/t13-,16?/m0/s1. The van der Waals surface area contributed by atoms with Crippen molar-refractivity contribution in [2.75, 3.05) is 25.1 Å². The third-order valence-electron chi connectivity index (χ3n) is 4.18. The van der Waals surface area contributed by atoms with Crippen LogP contribution in [0.25, 0.3) is 0 Å². The molecule has 5 nitrogen and oxygen atoms in total. The molecule has 1 saturated heterocycles. The largest absolute Gasteiger partial charge is 0.496 e. The van der Waals surface area contributed by atoms with Crippen LogP contribution in [0.15, 0.2) is 18.2 Å². The number of carbonyl (C=O) groups excluding carboxylic acids is 1. The zero-order chi connectivity index (χ0) is 17.9. The van der Waals surface area contributed by atoms with Gasteiger partial charge in [0.25, 0.3) is 0 Å². The Morgan fingerprint density at radius 2 is 2.12 bits per heavy atom. The fraction of sp³-hybridized carbons (Fsp3) is 0.611. The molecule has 1 unspecified atom stereocenters. The maximum atomic E-state index is 12.1. The topological polar surface area (TPSA) is 50.8 Å². The lowest BCUT2D eigenvalue weighted by Gasteiger charge is -2.30. The number of ether oxygens (including phenoxy) is 2. The summed E-state index contributed by atoms with van der Waals surface area (Å²) in [5.74, 6) is 0.716. The molecule has 1 fully saturated rings. The molecular formula is C18H27IN2O3. The van der Waals surface area contributed by atoms with Gasteiger partial charge in [-0.3, -0.25) is 10.1 Å². The van der Waals surface area contributed by atoms with Crippen molar-refractivity contribution in [1.82, 2.24) is 5.32 Å². The number of carbonyl (C=O) groups is 1. The van der Waals surface area contributed by atoms with E-state index in [0.29, 0.717) is 0 Å². The van der Waals surface area contributed by atoms with Gasteiger partial charge in [0.15, 0.2) is 6.23 Å². The fourth-order valence-electron chi connectivity index (χ4n) is 2.79. The molecule has 0 bridgehead atoms. The molecule has 1 aromatic rings. The van der Waals surface area contributed by atoms with E-state index >= 15 is 0 Å². The molecule has 1 N–H and O–H groups in total. The van der Waals surface area contributed by atoms with Crippen molar-refractivity contribution in [2.45, 2.75) is 46.4 Å². The van der Waals surface area contributed by atoms with E-state index in [1.54, 1.807) is 7.11 Å². The lowest BCUT2D eigenvalue weighted by molar-refractivity contribution is -0.159. The van der Waals surface area contributed by atoms with Crippen LogP contribution >= 0.6 is 22.6 Å². The highest BCUT2D eigenvalue weighted by atomic mass is 127. The monoisotopic (exact) mass is 446 g/mol. The van der Waals surface area contributed by atoms with Crippen LogP contribution in [0.5, 0.6) is 5.75 Å². The second-order valence-electron chi connectivity index (χ2n) is 7.05. The first kappa shape index (κ1) is 19.3. The zero-order valence-electron chi connectivity index (χ0n) is 15.1. The van der Waals surface area contributed by atoms with Crippen molar-refractivity contribution in [3.05, 3.63) is 21.8 Å². The number of hydrogen-bond acceptors (Lipinski definition) is 5. The van der Waals surface area contributed by atoms with Gasteiger partial charge in [0.2, 0.25) is 0 Å². The number of nitrogens with one attached hydrogen (secondary N) is 1. The van der Waals surface area contributed by atoms with E-state index in [9.17, 15) is 4.79 Å². The summed E-state index contributed by atoms with van der Waals surface area (Å²) in [6.07, 6.45) is 0.561. The van der Waals surface area contributed by atoms with Crippen LogP contribution in [-0.2, 0) is 9.53 Å². The lowest BCUT2D eigenvalue weighted by Crippen LogP contribution is -2.36. The van der Waals surface area contributed by atoms with Gasteiger partial charge in [-0.15, -0.1) is 0 Å². The van der Waals surface area contributed by atoms with E-state index in [2.05, 4.69) is 57.9 Å². The molecular weight excluding hydrogens is 419 g/mol. The summed E-state index contributed by atoms with van der Waals surface area (Å²) in [6, 6.07) is 6.54. The quantitative estimate of drug-likeness (QED) is 0.555. The third-order valence-corrected chi connectivity index (χ3v) is 5.07. The van der Waals surface area contributed by atoms with E-state index in [-0.39, 0.29) is 18.2 Å². The Labute approximate surface area is 158 Å². The summed E-state index contributed by atoms with van der Waals surface area (Å²) in [5.41, 5.74) is 0.651. The van der Waals surface area contributed by atoms with Gasteiger partial charge in [-0.25, -0.2) is 0 Å². The Morgan fingerprint density at radius 1 is 1.42 bits per heavy atom. The van der Waals surface area contributed by atoms with Crippen LogP contribution in [0.4, 0.5) is 5.69 Å². The second kappa shape index (κ2) is 7.91. The van der Waals surface area contributed by atoms with Crippen molar-refractivity contribution in [3.8, 4) is 5.75 Å². The van der Waals surface area contributed by atoms with Gasteiger partial charge in [-0.2, -0.15) is 0 Å². The molecule has 6 heteroatoms. The van der Waals surface area contributed by atoms with E-state index in [1.165, 1.54) is 0 Å². The van der Waals surface area contributed by atoms with Crippen molar-refractivity contribution in [2.24, 2.45) is 5.41 Å². The minimum Gasteiger partial charge on any atom is -0.496 e. The normalized spacial score (nSPS) is 20.8. The average Bonchev–Trinajstić information content (AvgIpc) is 2.97. The minimum atomic E-state index is -0.478. The highest BCUT2D eigenvalue weighted by Gasteiger charge is 2.33. The minimum absolute atomic E-state index is 0.167. The van der Waals surface area contributed by atoms with E-state index < -0.39 is 5.41 Å². The third kappa shape index (κ3) is 4.53. The first-order valence-electron chi connectivity index (χ1n) is 8.31. The van der Waals surface area contributed by atoms with E-state index in [4.69, 9.17) is 9.47 Å². The smallest absolute Gasteiger partial charge is 0.312 e. The number of hydrogen-bond donors (Lipinski definition) is 1. The lowest BCUT2D eigenvalue weighted by atomic mass is 9.97.